The van der Waals surface area contributed by atoms with Gasteiger partial charge in [0.15, 0.2) is 17.0 Å². The van der Waals surface area contributed by atoms with Crippen LogP contribution in [-0.4, -0.2) is 250 Å². The highest BCUT2D eigenvalue weighted by Crippen LogP contribution is 2.41. The van der Waals surface area contributed by atoms with Gasteiger partial charge in [-0.1, -0.05) is 82.7 Å². The summed E-state index contributed by atoms with van der Waals surface area (Å²) >= 11 is 0. The molecule has 684 valence electrons. The summed E-state index contributed by atoms with van der Waals surface area (Å²) in [5.74, 6) is -7.99. The van der Waals surface area contributed by atoms with Gasteiger partial charge in [-0.3, -0.25) is 33.6 Å². The minimum Gasteiger partial charge on any atom is -0.460 e. The van der Waals surface area contributed by atoms with E-state index in [1.165, 1.54) is 18.3 Å². The Morgan fingerprint density at radius 3 is 2.19 bits per heavy atom. The van der Waals surface area contributed by atoms with E-state index in [4.69, 9.17) is 68.4 Å². The molecule has 4 aliphatic rings. The van der Waals surface area contributed by atoms with Crippen molar-refractivity contribution in [2.24, 2.45) is 35.5 Å². The van der Waals surface area contributed by atoms with Crippen molar-refractivity contribution >= 4 is 80.7 Å². The number of aliphatic hydroxyl groups excluding tert-OH is 1. The second kappa shape index (κ2) is 50.6. The number of fused-ring (bicyclic) bond motifs is 5. The van der Waals surface area contributed by atoms with Crippen LogP contribution in [0.25, 0.3) is 33.4 Å². The number of nitrogens with zero attached hydrogens (tertiary/aromatic N) is 9. The Morgan fingerprint density at radius 2 is 1.46 bits per heavy atom. The van der Waals surface area contributed by atoms with Gasteiger partial charge in [0.05, 0.1) is 94.9 Å². The van der Waals surface area contributed by atoms with Gasteiger partial charge < -0.3 is 83.7 Å². The number of ether oxygens (including phenoxy) is 10. The van der Waals surface area contributed by atoms with Crippen molar-refractivity contribution < 1.29 is 100 Å². The van der Waals surface area contributed by atoms with Crippen LogP contribution in [0, 0.1) is 35.5 Å². The van der Waals surface area contributed by atoms with Crippen molar-refractivity contribution in [3.05, 3.63) is 84.0 Å². The molecule has 1 aromatic carbocycles. The van der Waals surface area contributed by atoms with E-state index in [1.54, 1.807) is 47.1 Å². The minimum atomic E-state index is -2.48. The summed E-state index contributed by atoms with van der Waals surface area (Å²) in [6.07, 6.45) is 20.5. The number of ketones is 5. The number of carbonyl (C=O) groups excluding carboxylic acids is 8. The van der Waals surface area contributed by atoms with Crippen molar-refractivity contribution in [1.82, 2.24) is 49.9 Å². The molecule has 15 atom stereocenters. The molecule has 4 aromatic heterocycles. The lowest BCUT2D eigenvalue weighted by Gasteiger charge is -2.42. The zero-order chi connectivity index (χ0) is 89.2. The molecule has 7 N–H and O–H groups in total. The molecule has 7 heterocycles. The Bertz CT molecular complexity index is 4400. The number of rotatable bonds is 40. The molecule has 33 nitrogen and oxygen atoms in total. The van der Waals surface area contributed by atoms with Gasteiger partial charge in [0, 0.05) is 122 Å². The number of esters is 1. The lowest BCUT2D eigenvalue weighted by Crippen LogP contribution is -2.61. The largest absolute Gasteiger partial charge is 0.460 e. The Hall–Kier alpha value is -8.74. The maximum absolute atomic E-state index is 14.8. The zero-order valence-corrected chi connectivity index (χ0v) is 74.2. The van der Waals surface area contributed by atoms with Gasteiger partial charge in [0.2, 0.25) is 11.7 Å². The summed E-state index contributed by atoms with van der Waals surface area (Å²) in [4.78, 5) is 124. The highest BCUT2D eigenvalue weighted by atomic mass is 16.6. The van der Waals surface area contributed by atoms with Crippen LogP contribution in [0.3, 0.4) is 0 Å². The number of oxazole rings is 1. The number of nitrogen functional groups attached to an aromatic ring is 2. The average Bonchev–Trinajstić information content (AvgIpc) is 1.49. The number of aliphatic hydroxyl groups is 2. The van der Waals surface area contributed by atoms with Crippen molar-refractivity contribution in [2.75, 3.05) is 112 Å². The number of methoxy groups -OCH3 is 3. The second-order valence-corrected chi connectivity index (χ2v) is 33.8. The molecule has 33 heteroatoms. The molecule has 124 heavy (non-hydrogen) atoms. The molecule has 1 saturated carbocycles. The molecule has 5 aromatic rings. The lowest BCUT2D eigenvalue weighted by molar-refractivity contribution is -0.265. The Labute approximate surface area is 727 Å². The number of cyclic esters (lactones) is 1. The van der Waals surface area contributed by atoms with E-state index in [0.29, 0.717) is 215 Å². The van der Waals surface area contributed by atoms with Gasteiger partial charge in [-0.05, 0) is 157 Å². The summed E-state index contributed by atoms with van der Waals surface area (Å²) in [7, 11) is 4.60. The minimum absolute atomic E-state index is 0.0150. The van der Waals surface area contributed by atoms with Crippen LogP contribution in [0.1, 0.15) is 201 Å². The summed E-state index contributed by atoms with van der Waals surface area (Å²) in [5, 5.41) is 41.2. The van der Waals surface area contributed by atoms with E-state index >= 15 is 0 Å². The number of nitrogens with two attached hydrogens (primary N) is 2. The van der Waals surface area contributed by atoms with Crippen LogP contribution in [0.4, 0.5) is 11.8 Å². The number of carbonyl (C=O) groups is 8. The first-order chi connectivity index (χ1) is 59.7. The van der Waals surface area contributed by atoms with Gasteiger partial charge in [-0.2, -0.15) is 10.1 Å². The summed E-state index contributed by atoms with van der Waals surface area (Å²) in [6, 6.07) is 4.23. The number of nitrogens with one attached hydrogen (secondary N) is 1. The third-order valence-corrected chi connectivity index (χ3v) is 24.3. The molecule has 2 bridgehead atoms. The standard InChI is InChI=1S/C91H134N12O21/c1-58-21-13-11-14-22-59(2)76(114-8)54-70-31-28-64(7)91(113,124-70)85(110)88(111)101-37-18-16-26-73(101)89(112)122-77(55-74(106)60(3)50-63(6)83(109)84(116-10)82(108)62(5)49-58)61(4)51-65-29-32-72(78(52-65)115-9)103-56-67(98-100-103)23-19-27-79(107)94-36-42-120-46-48-121-47-45-119-41-35-69(105)25-20-39-117-43-44-118-40-34-68(104)24-15-12-17-38-102-87-80(86(92)95-57-96-87)81(99-102)66-30-33-75-71(53-66)97-90(93)123-75/h11,13-14,21-22,30,33,50,53,56-58,60-62,64-65,70,72-73,76-78,83-84,109,113H,12,15-20,23-29,31-32,34-49,51-52,54-55H2,1-10H3,(H2,93,97)(H,94,107)(H2,92,95,96)/b14-11+,21-13+,59-22+,63-50+/t58-,60-,61-,62-,64-,65+,70+,72+,73+,76+,77+,78-,83-,84+,91-/m1/s1. The van der Waals surface area contributed by atoms with Gasteiger partial charge in [0.25, 0.3) is 17.7 Å². The first-order valence-corrected chi connectivity index (χ1v) is 44.4. The van der Waals surface area contributed by atoms with E-state index in [9.17, 15) is 48.6 Å². The number of piperidine rings is 1. The van der Waals surface area contributed by atoms with Crippen molar-refractivity contribution in [2.45, 2.75) is 257 Å². The van der Waals surface area contributed by atoms with Gasteiger partial charge in [-0.15, -0.1) is 5.10 Å². The second-order valence-electron chi connectivity index (χ2n) is 33.8. The average molecular weight is 1730 g/mol. The van der Waals surface area contributed by atoms with Crippen LogP contribution in [0.15, 0.2) is 82.7 Å². The number of hydrogen-bond acceptors (Lipinski definition) is 29. The molecule has 0 radical (unpaired) electrons. The maximum atomic E-state index is 14.8. The highest BCUT2D eigenvalue weighted by molar-refractivity contribution is 6.39. The number of aromatic nitrogens is 8. The van der Waals surface area contributed by atoms with Crippen LogP contribution < -0.4 is 16.8 Å². The molecule has 2 saturated heterocycles. The van der Waals surface area contributed by atoms with Gasteiger partial charge >= 0.3 is 5.97 Å². The fourth-order valence-electron chi connectivity index (χ4n) is 16.9. The molecule has 9 rings (SSSR count). The SMILES string of the molecule is CO[C@H]1C[C@@H]2CC[C@@H](C)[C@@](O)(O2)C(=O)C(=O)N2CCCC[C@H]2C(=O)O[C@H]([C@H](C)C[C@@H]2CC[C@H](n3cc(CCCC(=O)NCCOCCOCCOCCC(=O)CCCOCCOCCC(=O)CCCCCn4nc(-c5ccc6oc(N)nc6c5)c5c(N)ncnc54)nn3)[C@H](OC)C2)CC(=O)[C@H](C)/C=C(\C)[C@@H](O)[C@@H](OC)C(=O)[C@H](C)C[C@H](C)/C=C/C=C/C=C/1C. The molecular weight excluding hydrogens is 1600 g/mol. The number of aryl methyl sites for hydroxylation is 2. The number of benzene rings is 1. The zero-order valence-electron chi connectivity index (χ0n) is 74.2. The Morgan fingerprint density at radius 1 is 0.742 bits per heavy atom. The van der Waals surface area contributed by atoms with Crippen molar-refractivity contribution in [1.29, 1.82) is 0 Å². The number of anilines is 2. The fraction of sp³-hybridized carbons (Fsp3) is 0.670. The molecule has 1 aliphatic carbocycles. The number of Topliss-reactive ketones (excluding diaryl/α,β-unsaturated/α-hetero) is 5. The van der Waals surface area contributed by atoms with Crippen LogP contribution in [-0.2, 0) is 98.7 Å². The number of hydrogen-bond donors (Lipinski definition) is 5. The monoisotopic (exact) mass is 1730 g/mol. The first kappa shape index (κ1) is 99.0. The highest BCUT2D eigenvalue weighted by Gasteiger charge is 2.53. The van der Waals surface area contributed by atoms with Crippen LogP contribution in [0.5, 0.6) is 0 Å². The maximum Gasteiger partial charge on any atom is 0.329 e. The molecule has 3 aliphatic heterocycles. The molecule has 2 amide bonds. The van der Waals surface area contributed by atoms with Gasteiger partial charge in [0.1, 0.15) is 65.1 Å². The molecule has 0 unspecified atom stereocenters. The summed E-state index contributed by atoms with van der Waals surface area (Å²) < 4.78 is 67.5. The van der Waals surface area contributed by atoms with E-state index in [1.807, 2.05) is 85.8 Å². The number of allylic oxidation sites excluding steroid dienone is 6. The van der Waals surface area contributed by atoms with E-state index in [-0.39, 0.29) is 91.3 Å². The quantitative estimate of drug-likeness (QED) is 0.0105. The lowest BCUT2D eigenvalue weighted by atomic mass is 9.77. The smallest absolute Gasteiger partial charge is 0.329 e. The van der Waals surface area contributed by atoms with E-state index in [0.717, 1.165) is 42.5 Å². The van der Waals surface area contributed by atoms with E-state index in [2.05, 4.69) is 30.6 Å². The Balaban J connectivity index is 0.626. The van der Waals surface area contributed by atoms with E-state index < -0.39 is 83.7 Å². The summed E-state index contributed by atoms with van der Waals surface area (Å²) in [5.41, 5.74) is 17.2. The summed E-state index contributed by atoms with van der Waals surface area (Å²) in [6.45, 7) is 17.1. The Kier molecular flexibility index (Phi) is 40.4. The molecule has 3 fully saturated rings. The van der Waals surface area contributed by atoms with Gasteiger partial charge in [-0.25, -0.2) is 24.1 Å². The first-order valence-electron chi connectivity index (χ1n) is 44.4. The number of amides is 2. The predicted octanol–water partition coefficient (Wildman–Crippen LogP) is 10.2. The molecule has 0 spiro atoms. The third-order valence-electron chi connectivity index (χ3n) is 24.3. The van der Waals surface area contributed by atoms with Crippen LogP contribution in [0.2, 0.25) is 0 Å². The fourth-order valence-corrected chi connectivity index (χ4v) is 16.9. The predicted molar refractivity (Wildman–Crippen MR) is 462 cm³/mol. The van der Waals surface area contributed by atoms with Crippen molar-refractivity contribution in [3.8, 4) is 11.3 Å². The number of unbranched alkanes of at least 4 members (excludes halogenated alkanes) is 2. The third kappa shape index (κ3) is 29.4. The molecular formula is C91H134N12O21. The van der Waals surface area contributed by atoms with Crippen LogP contribution >= 0.6 is 0 Å². The van der Waals surface area contributed by atoms with Crippen molar-refractivity contribution in [3.63, 3.8) is 0 Å². The normalized spacial score (nSPS) is 26.8. The topological polar surface area (TPSA) is 437 Å².